The van der Waals surface area contributed by atoms with E-state index in [2.05, 4.69) is 15.7 Å². The lowest BCUT2D eigenvalue weighted by Crippen LogP contribution is -2.19. The summed E-state index contributed by atoms with van der Waals surface area (Å²) in [7, 11) is 0. The maximum atomic E-state index is 13.4. The minimum Gasteiger partial charge on any atom is -0.486 e. The van der Waals surface area contributed by atoms with Gasteiger partial charge in [0.05, 0.1) is 22.8 Å². The van der Waals surface area contributed by atoms with Gasteiger partial charge in [-0.25, -0.2) is 14.5 Å². The molecule has 5 rings (SSSR count). The number of nitrogens with zero attached hydrogens (tertiary/aromatic N) is 3. The van der Waals surface area contributed by atoms with Crippen LogP contribution in [-0.2, 0) is 0 Å². The first-order valence-electron chi connectivity index (χ1n) is 11.1. The first-order chi connectivity index (χ1) is 16.9. The van der Waals surface area contributed by atoms with Gasteiger partial charge in [0.15, 0.2) is 17.1 Å². The molecule has 0 radical (unpaired) electrons. The van der Waals surface area contributed by atoms with E-state index in [-0.39, 0.29) is 11.9 Å². The van der Waals surface area contributed by atoms with Crippen molar-refractivity contribution in [2.24, 2.45) is 5.73 Å². The van der Waals surface area contributed by atoms with E-state index in [1.165, 1.54) is 0 Å². The van der Waals surface area contributed by atoms with Crippen molar-refractivity contribution in [1.82, 2.24) is 14.8 Å². The fraction of sp³-hybridized carbons (Fsp3) is 0.200. The maximum Gasteiger partial charge on any atom is 0.316 e. The van der Waals surface area contributed by atoms with Crippen LogP contribution in [0, 0.1) is 0 Å². The molecule has 10 heteroatoms. The molecule has 0 atom stereocenters. The average molecular weight is 473 g/mol. The number of anilines is 2. The van der Waals surface area contributed by atoms with E-state index < -0.39 is 6.03 Å². The highest BCUT2D eigenvalue weighted by atomic mass is 16.6. The lowest BCUT2D eigenvalue weighted by molar-refractivity contribution is 0.102. The third-order valence-electron chi connectivity index (χ3n) is 5.55. The number of carbonyl (C=O) groups excluding carboxylic acids is 2. The summed E-state index contributed by atoms with van der Waals surface area (Å²) in [6.07, 6.45) is 1.66. The number of fused-ring (bicyclic) bond motifs is 2. The highest BCUT2D eigenvalue weighted by Crippen LogP contribution is 2.35. The molecule has 0 aliphatic carbocycles. The van der Waals surface area contributed by atoms with Crippen molar-refractivity contribution in [3.05, 3.63) is 60.3 Å². The van der Waals surface area contributed by atoms with Gasteiger partial charge < -0.3 is 25.8 Å². The van der Waals surface area contributed by atoms with Crippen LogP contribution in [0.15, 0.2) is 54.7 Å². The topological polar surface area (TPSA) is 133 Å². The number of primary amides is 1. The number of aromatic nitrogens is 3. The fourth-order valence-corrected chi connectivity index (χ4v) is 3.91. The Balaban J connectivity index is 1.54. The smallest absolute Gasteiger partial charge is 0.316 e. The van der Waals surface area contributed by atoms with Crippen LogP contribution in [-0.4, -0.2) is 39.9 Å². The zero-order valence-electron chi connectivity index (χ0n) is 19.2. The number of urea groups is 1. The van der Waals surface area contributed by atoms with E-state index in [1.807, 2.05) is 32.0 Å². The van der Waals surface area contributed by atoms with Gasteiger partial charge in [-0.1, -0.05) is 0 Å². The maximum absolute atomic E-state index is 13.4. The van der Waals surface area contributed by atoms with Gasteiger partial charge in [-0.05, 0) is 62.4 Å². The number of ether oxygens (including phenoxy) is 2. The summed E-state index contributed by atoms with van der Waals surface area (Å²) in [5, 5.41) is 10.5. The first kappa shape index (κ1) is 22.2. The highest BCUT2D eigenvalue weighted by molar-refractivity contribution is 6.12. The number of nitrogens with one attached hydrogen (secondary N) is 2. The van der Waals surface area contributed by atoms with Crippen molar-refractivity contribution in [3.63, 3.8) is 0 Å². The summed E-state index contributed by atoms with van der Waals surface area (Å²) in [4.78, 5) is 29.2. The monoisotopic (exact) mass is 472 g/mol. The SMILES string of the molecule is CC(C)n1ncc2c(C(=O)Nc3ccc(NC(N)=O)cc3)cc(-c3ccc4c(c3)OCCO4)nc21. The summed E-state index contributed by atoms with van der Waals surface area (Å²) < 4.78 is 13.1. The van der Waals surface area contributed by atoms with Crippen molar-refractivity contribution in [3.8, 4) is 22.8 Å². The molecule has 10 nitrogen and oxygen atoms in total. The summed E-state index contributed by atoms with van der Waals surface area (Å²) >= 11 is 0. The van der Waals surface area contributed by atoms with E-state index in [4.69, 9.17) is 20.2 Å². The molecule has 4 aromatic rings. The van der Waals surface area contributed by atoms with Crippen LogP contribution in [0.2, 0.25) is 0 Å². The standard InChI is InChI=1S/C25H24N6O4/c1-14(2)31-23-19(13-27-31)18(24(32)28-16-4-6-17(7-5-16)29-25(26)33)12-20(30-23)15-3-8-21-22(11-15)35-10-9-34-21/h3-8,11-14H,9-10H2,1-2H3,(H,28,32)(H3,26,29,33). The number of hydrogen-bond donors (Lipinski definition) is 3. The van der Waals surface area contributed by atoms with Gasteiger partial charge in [-0.3, -0.25) is 4.79 Å². The molecule has 35 heavy (non-hydrogen) atoms. The number of pyridine rings is 1. The molecule has 1 aliphatic heterocycles. The predicted molar refractivity (Wildman–Crippen MR) is 132 cm³/mol. The van der Waals surface area contributed by atoms with Crippen molar-refractivity contribution in [2.75, 3.05) is 23.8 Å². The second-order valence-electron chi connectivity index (χ2n) is 8.35. The summed E-state index contributed by atoms with van der Waals surface area (Å²) in [5.41, 5.74) is 8.69. The number of nitrogens with two attached hydrogens (primary N) is 1. The van der Waals surface area contributed by atoms with Crippen molar-refractivity contribution in [1.29, 1.82) is 0 Å². The van der Waals surface area contributed by atoms with Crippen LogP contribution in [0.4, 0.5) is 16.2 Å². The molecule has 0 spiro atoms. The fourth-order valence-electron chi connectivity index (χ4n) is 3.91. The molecule has 0 unspecified atom stereocenters. The predicted octanol–water partition coefficient (Wildman–Crippen LogP) is 4.19. The van der Waals surface area contributed by atoms with Crippen LogP contribution in [0.25, 0.3) is 22.3 Å². The Kier molecular flexibility index (Phi) is 5.69. The largest absolute Gasteiger partial charge is 0.486 e. The lowest BCUT2D eigenvalue weighted by Gasteiger charge is -2.19. The molecule has 3 amide bonds. The van der Waals surface area contributed by atoms with Gasteiger partial charge in [-0.2, -0.15) is 5.10 Å². The van der Waals surface area contributed by atoms with Gasteiger partial charge >= 0.3 is 6.03 Å². The van der Waals surface area contributed by atoms with Crippen LogP contribution in [0.5, 0.6) is 11.5 Å². The normalized spacial score (nSPS) is 12.5. The quantitative estimate of drug-likeness (QED) is 0.399. The van der Waals surface area contributed by atoms with E-state index in [0.717, 1.165) is 5.56 Å². The third-order valence-corrected chi connectivity index (χ3v) is 5.55. The van der Waals surface area contributed by atoms with Crippen LogP contribution >= 0.6 is 0 Å². The molecule has 2 aromatic carbocycles. The number of amides is 3. The number of benzene rings is 2. The Morgan fingerprint density at radius 1 is 0.971 bits per heavy atom. The second-order valence-corrected chi connectivity index (χ2v) is 8.35. The molecule has 2 aromatic heterocycles. The average Bonchev–Trinajstić information content (AvgIpc) is 3.28. The van der Waals surface area contributed by atoms with Gasteiger partial charge in [0.2, 0.25) is 0 Å². The molecule has 0 fully saturated rings. The zero-order chi connectivity index (χ0) is 24.5. The van der Waals surface area contributed by atoms with E-state index in [0.29, 0.717) is 58.4 Å². The Labute approximate surface area is 201 Å². The molecule has 3 heterocycles. The zero-order valence-corrected chi connectivity index (χ0v) is 19.2. The Bertz CT molecular complexity index is 1430. The minimum absolute atomic E-state index is 0.0525. The van der Waals surface area contributed by atoms with E-state index >= 15 is 0 Å². The molecular formula is C25H24N6O4. The van der Waals surface area contributed by atoms with Crippen molar-refractivity contribution in [2.45, 2.75) is 19.9 Å². The Morgan fingerprint density at radius 2 is 1.66 bits per heavy atom. The third kappa shape index (κ3) is 4.45. The van der Waals surface area contributed by atoms with E-state index in [9.17, 15) is 9.59 Å². The Morgan fingerprint density at radius 3 is 2.34 bits per heavy atom. The summed E-state index contributed by atoms with van der Waals surface area (Å²) in [6, 6.07) is 13.4. The van der Waals surface area contributed by atoms with Gasteiger partial charge in [0.25, 0.3) is 5.91 Å². The van der Waals surface area contributed by atoms with E-state index in [1.54, 1.807) is 41.2 Å². The second kappa shape index (κ2) is 8.98. The minimum atomic E-state index is -0.658. The molecule has 0 saturated heterocycles. The molecule has 4 N–H and O–H groups in total. The number of rotatable bonds is 5. The molecule has 0 bridgehead atoms. The number of hydrogen-bond acceptors (Lipinski definition) is 6. The van der Waals surface area contributed by atoms with Crippen molar-refractivity contribution < 1.29 is 19.1 Å². The van der Waals surface area contributed by atoms with Gasteiger partial charge in [0.1, 0.15) is 13.2 Å². The van der Waals surface area contributed by atoms with Crippen LogP contribution in [0.1, 0.15) is 30.2 Å². The van der Waals surface area contributed by atoms with Crippen LogP contribution < -0.4 is 25.8 Å². The molecular weight excluding hydrogens is 448 g/mol. The van der Waals surface area contributed by atoms with Crippen LogP contribution in [0.3, 0.4) is 0 Å². The molecule has 178 valence electrons. The molecule has 0 saturated carbocycles. The van der Waals surface area contributed by atoms with Crippen molar-refractivity contribution >= 4 is 34.3 Å². The lowest BCUT2D eigenvalue weighted by atomic mass is 10.1. The summed E-state index contributed by atoms with van der Waals surface area (Å²) in [5.74, 6) is 1.01. The number of carbonyl (C=O) groups is 2. The van der Waals surface area contributed by atoms with Gasteiger partial charge in [-0.15, -0.1) is 0 Å². The first-order valence-corrected chi connectivity index (χ1v) is 11.1. The highest BCUT2D eigenvalue weighted by Gasteiger charge is 2.20. The summed E-state index contributed by atoms with van der Waals surface area (Å²) in [6.45, 7) is 5.00. The molecule has 1 aliphatic rings. The Hall–Kier alpha value is -4.60. The van der Waals surface area contributed by atoms with Gasteiger partial charge in [0, 0.05) is 23.0 Å².